The van der Waals surface area contributed by atoms with Crippen LogP contribution in [0.15, 0.2) is 48.9 Å². The quantitative estimate of drug-likeness (QED) is 0.486. The minimum absolute atomic E-state index is 0.290. The predicted octanol–water partition coefficient (Wildman–Crippen LogP) is 2.95. The molecular weight excluding hydrogens is 368 g/mol. The number of nitrogens with one attached hydrogen (secondary N) is 1. The third-order valence-corrected chi connectivity index (χ3v) is 5.22. The van der Waals surface area contributed by atoms with Crippen LogP contribution in [0.25, 0.3) is 27.8 Å². The zero-order valence-corrected chi connectivity index (χ0v) is 16.2. The summed E-state index contributed by atoms with van der Waals surface area (Å²) in [4.78, 5) is 13.6. The molecule has 4 aromatic rings. The number of pyridine rings is 2. The van der Waals surface area contributed by atoms with E-state index >= 15 is 0 Å². The van der Waals surface area contributed by atoms with Crippen molar-refractivity contribution in [3.8, 4) is 11.3 Å². The number of fused-ring (bicyclic) bond motifs is 2. The Morgan fingerprint density at radius 3 is 2.93 bits per heavy atom. The molecule has 4 heterocycles. The number of hydrogen-bond acceptors (Lipinski definition) is 7. The maximum Gasteiger partial charge on any atom is 0.241 e. The fraction of sp³-hybridized carbons (Fsp3) is 0.333. The first-order valence-electron chi connectivity index (χ1n) is 9.74. The summed E-state index contributed by atoms with van der Waals surface area (Å²) in [6.45, 7) is 1.27. The Hall–Kier alpha value is -3.10. The minimum Gasteiger partial charge on any atom is -0.382 e. The Balaban J connectivity index is 1.30. The number of rotatable bonds is 7. The standard InChI is InChI=1S/C21H22N6O2/c1-28-9-10-29-15-11-14(12-15)24-21-23-13-20-16(6-8-27(20)26-21)17-4-5-18-19(25-17)3-2-7-22-18/h2-8,13-15H,9-12H2,1H3,(H,24,26)/t14-,15-. The molecule has 148 valence electrons. The molecule has 0 amide bonds. The van der Waals surface area contributed by atoms with Gasteiger partial charge in [0.25, 0.3) is 0 Å². The van der Waals surface area contributed by atoms with Crippen LogP contribution in [-0.2, 0) is 9.47 Å². The molecule has 1 saturated carbocycles. The lowest BCUT2D eigenvalue weighted by molar-refractivity contribution is -0.0261. The lowest BCUT2D eigenvalue weighted by Crippen LogP contribution is -2.41. The lowest BCUT2D eigenvalue weighted by Gasteiger charge is -2.35. The summed E-state index contributed by atoms with van der Waals surface area (Å²) >= 11 is 0. The molecule has 5 rings (SSSR count). The Kier molecular flexibility index (Phi) is 4.79. The van der Waals surface area contributed by atoms with Crippen molar-refractivity contribution >= 4 is 22.5 Å². The van der Waals surface area contributed by atoms with Crippen molar-refractivity contribution in [1.82, 2.24) is 24.6 Å². The normalized spacial score (nSPS) is 18.8. The number of ether oxygens (including phenoxy) is 2. The van der Waals surface area contributed by atoms with E-state index in [1.165, 1.54) is 0 Å². The van der Waals surface area contributed by atoms with E-state index in [1.54, 1.807) is 13.3 Å². The molecule has 0 atom stereocenters. The SMILES string of the molecule is COCCO[C@H]1C[C@H](Nc2ncc3c(-c4ccc5ncccc5n4)ccn3n2)C1. The van der Waals surface area contributed by atoms with Gasteiger partial charge >= 0.3 is 0 Å². The highest BCUT2D eigenvalue weighted by atomic mass is 16.5. The Labute approximate surface area is 167 Å². The van der Waals surface area contributed by atoms with Crippen molar-refractivity contribution in [2.45, 2.75) is 25.0 Å². The van der Waals surface area contributed by atoms with Crippen molar-refractivity contribution < 1.29 is 9.47 Å². The third kappa shape index (κ3) is 3.64. The molecule has 0 saturated heterocycles. The Morgan fingerprint density at radius 2 is 2.03 bits per heavy atom. The summed E-state index contributed by atoms with van der Waals surface area (Å²) in [6, 6.07) is 10.2. The van der Waals surface area contributed by atoms with Gasteiger partial charge in [-0.05, 0) is 43.2 Å². The first-order valence-corrected chi connectivity index (χ1v) is 9.74. The first-order chi connectivity index (χ1) is 14.3. The van der Waals surface area contributed by atoms with Gasteiger partial charge in [0.2, 0.25) is 5.95 Å². The van der Waals surface area contributed by atoms with E-state index in [1.807, 2.05) is 47.2 Å². The van der Waals surface area contributed by atoms with E-state index in [4.69, 9.17) is 14.5 Å². The molecular formula is C21H22N6O2. The van der Waals surface area contributed by atoms with Crippen LogP contribution in [0.5, 0.6) is 0 Å². The van der Waals surface area contributed by atoms with Crippen LogP contribution in [0.2, 0.25) is 0 Å². The van der Waals surface area contributed by atoms with E-state index < -0.39 is 0 Å². The lowest BCUT2D eigenvalue weighted by atomic mass is 9.89. The molecule has 8 nitrogen and oxygen atoms in total. The second-order valence-corrected chi connectivity index (χ2v) is 7.18. The maximum absolute atomic E-state index is 5.72. The molecule has 4 aromatic heterocycles. The summed E-state index contributed by atoms with van der Waals surface area (Å²) in [5, 5.41) is 7.99. The summed E-state index contributed by atoms with van der Waals surface area (Å²) in [5.41, 5.74) is 4.55. The van der Waals surface area contributed by atoms with E-state index in [0.717, 1.165) is 40.6 Å². The smallest absolute Gasteiger partial charge is 0.241 e. The summed E-state index contributed by atoms with van der Waals surface area (Å²) in [5.74, 6) is 0.621. The highest BCUT2D eigenvalue weighted by Gasteiger charge is 2.30. The van der Waals surface area contributed by atoms with Gasteiger partial charge in [0.05, 0.1) is 47.8 Å². The zero-order chi connectivity index (χ0) is 19.6. The first kappa shape index (κ1) is 18.0. The van der Waals surface area contributed by atoms with Crippen molar-refractivity contribution in [3.63, 3.8) is 0 Å². The van der Waals surface area contributed by atoms with Gasteiger partial charge in [0.15, 0.2) is 0 Å². The molecule has 1 N–H and O–H groups in total. The Morgan fingerprint density at radius 1 is 1.10 bits per heavy atom. The molecule has 0 radical (unpaired) electrons. The summed E-state index contributed by atoms with van der Waals surface area (Å²) in [6.07, 6.45) is 7.75. The van der Waals surface area contributed by atoms with Crippen LogP contribution in [0.3, 0.4) is 0 Å². The van der Waals surface area contributed by atoms with Gasteiger partial charge in [-0.2, -0.15) is 0 Å². The highest BCUT2D eigenvalue weighted by Crippen LogP contribution is 2.27. The topological polar surface area (TPSA) is 86.5 Å². The van der Waals surface area contributed by atoms with Crippen LogP contribution in [0, 0.1) is 0 Å². The molecule has 29 heavy (non-hydrogen) atoms. The molecule has 8 heteroatoms. The molecule has 1 aliphatic rings. The summed E-state index contributed by atoms with van der Waals surface area (Å²) in [7, 11) is 1.68. The van der Waals surface area contributed by atoms with Crippen LogP contribution >= 0.6 is 0 Å². The number of anilines is 1. The molecule has 0 aromatic carbocycles. The number of nitrogens with zero attached hydrogens (tertiary/aromatic N) is 5. The third-order valence-electron chi connectivity index (χ3n) is 5.22. The number of hydrogen-bond donors (Lipinski definition) is 1. The van der Waals surface area contributed by atoms with Crippen molar-refractivity contribution in [1.29, 1.82) is 0 Å². The van der Waals surface area contributed by atoms with Gasteiger partial charge in [-0.1, -0.05) is 0 Å². The fourth-order valence-electron chi connectivity index (χ4n) is 3.59. The van der Waals surface area contributed by atoms with E-state index in [0.29, 0.717) is 25.2 Å². The van der Waals surface area contributed by atoms with E-state index in [-0.39, 0.29) is 6.10 Å². The van der Waals surface area contributed by atoms with Crippen molar-refractivity contribution in [3.05, 3.63) is 48.9 Å². The van der Waals surface area contributed by atoms with Crippen LogP contribution in [-0.4, -0.2) is 57.0 Å². The van der Waals surface area contributed by atoms with E-state index in [2.05, 4.69) is 20.4 Å². The fourth-order valence-corrected chi connectivity index (χ4v) is 3.59. The predicted molar refractivity (Wildman–Crippen MR) is 110 cm³/mol. The average molecular weight is 390 g/mol. The summed E-state index contributed by atoms with van der Waals surface area (Å²) < 4.78 is 12.6. The van der Waals surface area contributed by atoms with Crippen molar-refractivity contribution in [2.75, 3.05) is 25.6 Å². The van der Waals surface area contributed by atoms with E-state index in [9.17, 15) is 0 Å². The van der Waals surface area contributed by atoms with Gasteiger partial charge in [-0.25, -0.2) is 14.5 Å². The van der Waals surface area contributed by atoms with Gasteiger partial charge < -0.3 is 14.8 Å². The van der Waals surface area contributed by atoms with Gasteiger partial charge in [0.1, 0.15) is 0 Å². The zero-order valence-electron chi connectivity index (χ0n) is 16.2. The molecule has 0 spiro atoms. The second kappa shape index (κ2) is 7.73. The molecule has 0 unspecified atom stereocenters. The molecule has 0 aliphatic heterocycles. The van der Waals surface area contributed by atoms with Gasteiger partial charge in [-0.15, -0.1) is 5.10 Å². The largest absolute Gasteiger partial charge is 0.382 e. The number of methoxy groups -OCH3 is 1. The molecule has 1 fully saturated rings. The maximum atomic E-state index is 5.72. The van der Waals surface area contributed by atoms with Gasteiger partial charge in [-0.3, -0.25) is 4.98 Å². The second-order valence-electron chi connectivity index (χ2n) is 7.18. The van der Waals surface area contributed by atoms with Crippen LogP contribution < -0.4 is 5.32 Å². The van der Waals surface area contributed by atoms with Crippen molar-refractivity contribution in [2.24, 2.45) is 0 Å². The molecule has 0 bridgehead atoms. The number of aromatic nitrogens is 5. The Bertz CT molecular complexity index is 1140. The minimum atomic E-state index is 0.290. The molecule has 1 aliphatic carbocycles. The monoisotopic (exact) mass is 390 g/mol. The highest BCUT2D eigenvalue weighted by molar-refractivity contribution is 5.83. The average Bonchev–Trinajstić information content (AvgIpc) is 3.15. The van der Waals surface area contributed by atoms with Gasteiger partial charge in [0, 0.05) is 31.1 Å². The van der Waals surface area contributed by atoms with Crippen LogP contribution in [0.4, 0.5) is 5.95 Å². The van der Waals surface area contributed by atoms with Crippen LogP contribution in [0.1, 0.15) is 12.8 Å².